The molecule has 0 amide bonds. The van der Waals surface area contributed by atoms with Crippen LogP contribution in [0, 0.1) is 0 Å². The minimum Gasteiger partial charge on any atom is -0.352 e. The van der Waals surface area contributed by atoms with Gasteiger partial charge in [-0.2, -0.15) is 0 Å². The lowest BCUT2D eigenvalue weighted by molar-refractivity contribution is 0.598. The molecule has 6 nitrogen and oxygen atoms in total. The van der Waals surface area contributed by atoms with Crippen LogP contribution in [0.3, 0.4) is 0 Å². The summed E-state index contributed by atoms with van der Waals surface area (Å²) in [6.07, 6.45) is 4.37. The molecule has 1 aliphatic rings. The Labute approximate surface area is 150 Å². The molecule has 0 saturated carbocycles. The van der Waals surface area contributed by atoms with Gasteiger partial charge in [-0.25, -0.2) is 18.4 Å². The van der Waals surface area contributed by atoms with Crippen molar-refractivity contribution in [1.82, 2.24) is 9.97 Å². The maximum atomic E-state index is 11.9. The van der Waals surface area contributed by atoms with Crippen LogP contribution in [0.25, 0.3) is 0 Å². The smallest absolute Gasteiger partial charge is 0.179 e. The third-order valence-corrected chi connectivity index (χ3v) is 5.42. The first kappa shape index (κ1) is 17.3. The molecule has 3 rings (SSSR count). The van der Waals surface area contributed by atoms with Crippen LogP contribution in [-0.4, -0.2) is 50.8 Å². The zero-order chi connectivity index (χ0) is 17.3. The first-order chi connectivity index (χ1) is 11.4. The fourth-order valence-corrected chi connectivity index (χ4v) is 4.02. The maximum absolute atomic E-state index is 11.9. The van der Waals surface area contributed by atoms with E-state index >= 15 is 0 Å². The van der Waals surface area contributed by atoms with Crippen molar-refractivity contribution in [3.8, 4) is 0 Å². The van der Waals surface area contributed by atoms with Crippen LogP contribution in [0.4, 0.5) is 11.6 Å². The molecule has 3 heterocycles. The topological polar surface area (TPSA) is 66.4 Å². The number of rotatable bonds is 3. The highest BCUT2D eigenvalue weighted by Crippen LogP contribution is 2.28. The van der Waals surface area contributed by atoms with E-state index in [9.17, 15) is 8.42 Å². The molecule has 1 fully saturated rings. The van der Waals surface area contributed by atoms with Gasteiger partial charge in [-0.05, 0) is 18.2 Å². The van der Waals surface area contributed by atoms with Crippen molar-refractivity contribution in [3.05, 3.63) is 40.6 Å². The summed E-state index contributed by atoms with van der Waals surface area (Å²) in [6, 6.07) is 4.88. The van der Waals surface area contributed by atoms with Crippen molar-refractivity contribution in [2.24, 2.45) is 0 Å². The van der Waals surface area contributed by atoms with E-state index in [0.29, 0.717) is 47.9 Å². The summed E-state index contributed by atoms with van der Waals surface area (Å²) < 4.78 is 23.9. The highest BCUT2D eigenvalue weighted by Gasteiger charge is 2.25. The van der Waals surface area contributed by atoms with E-state index < -0.39 is 9.84 Å². The number of sulfone groups is 1. The predicted molar refractivity (Wildman–Crippen MR) is 96.0 cm³/mol. The SMILES string of the molecule is CS(=O)(=O)c1cccnc1N1CCN(c2ncc(Cl)cc2Cl)CC1. The highest BCUT2D eigenvalue weighted by molar-refractivity contribution is 7.90. The van der Waals surface area contributed by atoms with Gasteiger partial charge in [0.25, 0.3) is 0 Å². The van der Waals surface area contributed by atoms with E-state index in [1.54, 1.807) is 30.6 Å². The van der Waals surface area contributed by atoms with Crippen molar-refractivity contribution < 1.29 is 8.42 Å². The number of hydrogen-bond donors (Lipinski definition) is 0. The van der Waals surface area contributed by atoms with Crippen LogP contribution in [0.5, 0.6) is 0 Å². The van der Waals surface area contributed by atoms with Gasteiger partial charge >= 0.3 is 0 Å². The molecule has 0 N–H and O–H groups in total. The second kappa shape index (κ2) is 6.74. The summed E-state index contributed by atoms with van der Waals surface area (Å²) in [7, 11) is -3.33. The summed E-state index contributed by atoms with van der Waals surface area (Å²) in [6.45, 7) is 2.57. The molecule has 1 saturated heterocycles. The maximum Gasteiger partial charge on any atom is 0.179 e. The van der Waals surface area contributed by atoms with Gasteiger partial charge in [-0.3, -0.25) is 0 Å². The molecule has 24 heavy (non-hydrogen) atoms. The number of hydrogen-bond acceptors (Lipinski definition) is 6. The Morgan fingerprint density at radius 3 is 2.25 bits per heavy atom. The molecule has 0 spiro atoms. The molecule has 2 aromatic rings. The Bertz CT molecular complexity index is 852. The molecule has 1 aliphatic heterocycles. The van der Waals surface area contributed by atoms with E-state index in [4.69, 9.17) is 23.2 Å². The summed E-state index contributed by atoms with van der Waals surface area (Å²) in [5, 5.41) is 0.999. The largest absolute Gasteiger partial charge is 0.352 e. The van der Waals surface area contributed by atoms with Gasteiger partial charge in [0.2, 0.25) is 0 Å². The lowest BCUT2D eigenvalue weighted by Crippen LogP contribution is -2.47. The zero-order valence-corrected chi connectivity index (χ0v) is 15.3. The Morgan fingerprint density at radius 1 is 1.04 bits per heavy atom. The van der Waals surface area contributed by atoms with Crippen molar-refractivity contribution >= 4 is 44.7 Å². The van der Waals surface area contributed by atoms with Gasteiger partial charge in [-0.1, -0.05) is 23.2 Å². The number of piperazine rings is 1. The minimum atomic E-state index is -3.33. The number of halogens is 2. The first-order valence-electron chi connectivity index (χ1n) is 7.32. The van der Waals surface area contributed by atoms with Crippen LogP contribution in [0.2, 0.25) is 10.0 Å². The quantitative estimate of drug-likeness (QED) is 0.807. The average Bonchev–Trinajstić information content (AvgIpc) is 2.54. The van der Waals surface area contributed by atoms with Gasteiger partial charge in [0.1, 0.15) is 16.5 Å². The first-order valence-corrected chi connectivity index (χ1v) is 9.97. The van der Waals surface area contributed by atoms with Crippen LogP contribution in [0.15, 0.2) is 35.5 Å². The van der Waals surface area contributed by atoms with Crippen molar-refractivity contribution in [2.75, 3.05) is 42.2 Å². The molecule has 0 bridgehead atoms. The average molecular weight is 387 g/mol. The van der Waals surface area contributed by atoms with E-state index in [-0.39, 0.29) is 4.90 Å². The molecule has 2 aromatic heterocycles. The standard InChI is InChI=1S/C15H16Cl2N4O2S/c1-24(22,23)13-3-2-4-18-15(13)21-7-5-20(6-8-21)14-12(17)9-11(16)10-19-14/h2-4,9-10H,5-8H2,1H3. The van der Waals surface area contributed by atoms with Gasteiger partial charge in [-0.15, -0.1) is 0 Å². The zero-order valence-electron chi connectivity index (χ0n) is 13.0. The molecule has 0 radical (unpaired) electrons. The fourth-order valence-electron chi connectivity index (χ4n) is 2.68. The van der Waals surface area contributed by atoms with E-state index in [1.807, 2.05) is 4.90 Å². The molecule has 9 heteroatoms. The minimum absolute atomic E-state index is 0.251. The molecular formula is C15H16Cl2N4O2S. The van der Waals surface area contributed by atoms with Gasteiger partial charge in [0.15, 0.2) is 9.84 Å². The van der Waals surface area contributed by atoms with Crippen molar-refractivity contribution in [1.29, 1.82) is 0 Å². The molecule has 128 valence electrons. The Morgan fingerprint density at radius 2 is 1.67 bits per heavy atom. The third-order valence-electron chi connectivity index (χ3n) is 3.82. The number of aromatic nitrogens is 2. The monoisotopic (exact) mass is 386 g/mol. The van der Waals surface area contributed by atoms with Crippen LogP contribution in [0.1, 0.15) is 0 Å². The lowest BCUT2D eigenvalue weighted by atomic mass is 10.3. The second-order valence-electron chi connectivity index (χ2n) is 5.53. The molecule has 0 atom stereocenters. The Hall–Kier alpha value is -1.57. The van der Waals surface area contributed by atoms with E-state index in [0.717, 1.165) is 0 Å². The Balaban J connectivity index is 1.79. The summed E-state index contributed by atoms with van der Waals surface area (Å²) >= 11 is 12.1. The molecular weight excluding hydrogens is 371 g/mol. The normalized spacial score (nSPS) is 15.6. The van der Waals surface area contributed by atoms with E-state index in [1.165, 1.54) is 6.26 Å². The number of nitrogens with zero attached hydrogens (tertiary/aromatic N) is 4. The second-order valence-corrected chi connectivity index (χ2v) is 8.36. The fraction of sp³-hybridized carbons (Fsp3) is 0.333. The molecule has 0 aromatic carbocycles. The summed E-state index contributed by atoms with van der Waals surface area (Å²) in [5.74, 6) is 1.18. The van der Waals surface area contributed by atoms with Crippen molar-refractivity contribution in [3.63, 3.8) is 0 Å². The van der Waals surface area contributed by atoms with Crippen molar-refractivity contribution in [2.45, 2.75) is 4.90 Å². The third kappa shape index (κ3) is 3.58. The van der Waals surface area contributed by atoms with Crippen LogP contribution in [-0.2, 0) is 9.84 Å². The van der Waals surface area contributed by atoms with Crippen LogP contribution >= 0.6 is 23.2 Å². The van der Waals surface area contributed by atoms with Gasteiger partial charge in [0.05, 0.1) is 10.0 Å². The molecule has 0 aliphatic carbocycles. The Kier molecular flexibility index (Phi) is 4.85. The highest BCUT2D eigenvalue weighted by atomic mass is 35.5. The van der Waals surface area contributed by atoms with Gasteiger partial charge in [0, 0.05) is 44.8 Å². The number of pyridine rings is 2. The number of anilines is 2. The lowest BCUT2D eigenvalue weighted by Gasteiger charge is -2.36. The molecule has 0 unspecified atom stereocenters. The van der Waals surface area contributed by atoms with Gasteiger partial charge < -0.3 is 9.80 Å². The summed E-state index contributed by atoms with van der Waals surface area (Å²) in [4.78, 5) is 12.8. The predicted octanol–water partition coefficient (Wildman–Crippen LogP) is 2.51. The summed E-state index contributed by atoms with van der Waals surface area (Å²) in [5.41, 5.74) is 0. The van der Waals surface area contributed by atoms with E-state index in [2.05, 4.69) is 14.9 Å². The van der Waals surface area contributed by atoms with Crippen LogP contribution < -0.4 is 9.80 Å².